The first-order valence-electron chi connectivity index (χ1n) is 5.05. The Hall–Kier alpha value is -0.0800. The Balaban J connectivity index is 4.61. The van der Waals surface area contributed by atoms with E-state index in [9.17, 15) is 5.11 Å². The first kappa shape index (κ1) is 12.9. The van der Waals surface area contributed by atoms with Crippen LogP contribution < -0.4 is 0 Å². The van der Waals surface area contributed by atoms with E-state index in [1.807, 2.05) is 0 Å². The van der Waals surface area contributed by atoms with Crippen LogP contribution in [0.2, 0.25) is 0 Å². The highest BCUT2D eigenvalue weighted by molar-refractivity contribution is 4.82. The van der Waals surface area contributed by atoms with Gasteiger partial charge in [0.25, 0.3) is 0 Å². The molecule has 0 rings (SSSR count). The SMILES string of the molecule is CCN(C(O)C(C)(C)C)C(C)(C)C. The van der Waals surface area contributed by atoms with Crippen LogP contribution in [-0.4, -0.2) is 28.3 Å². The smallest absolute Gasteiger partial charge is 0.112 e. The monoisotopic (exact) mass is 187 g/mol. The van der Waals surface area contributed by atoms with Gasteiger partial charge in [0, 0.05) is 11.0 Å². The van der Waals surface area contributed by atoms with Gasteiger partial charge < -0.3 is 5.11 Å². The van der Waals surface area contributed by atoms with Crippen LogP contribution in [0.1, 0.15) is 48.5 Å². The second-order valence-corrected chi connectivity index (χ2v) is 5.70. The van der Waals surface area contributed by atoms with Crippen molar-refractivity contribution in [3.8, 4) is 0 Å². The molecule has 0 fully saturated rings. The molecule has 0 aromatic carbocycles. The highest BCUT2D eigenvalue weighted by atomic mass is 16.3. The molecule has 80 valence electrons. The lowest BCUT2D eigenvalue weighted by Crippen LogP contribution is -2.53. The van der Waals surface area contributed by atoms with Gasteiger partial charge in [-0.15, -0.1) is 0 Å². The van der Waals surface area contributed by atoms with Crippen LogP contribution in [0.4, 0.5) is 0 Å². The first-order chi connectivity index (χ1) is 5.60. The second-order valence-electron chi connectivity index (χ2n) is 5.70. The lowest BCUT2D eigenvalue weighted by atomic mass is 9.90. The molecule has 0 bridgehead atoms. The minimum Gasteiger partial charge on any atom is -0.378 e. The predicted molar refractivity (Wildman–Crippen MR) is 57.6 cm³/mol. The van der Waals surface area contributed by atoms with Crippen LogP contribution >= 0.6 is 0 Å². The molecule has 0 saturated carbocycles. The number of hydrogen-bond donors (Lipinski definition) is 1. The van der Waals surface area contributed by atoms with Gasteiger partial charge in [-0.25, -0.2) is 0 Å². The number of hydrogen-bond acceptors (Lipinski definition) is 2. The van der Waals surface area contributed by atoms with Crippen molar-refractivity contribution in [3.05, 3.63) is 0 Å². The maximum atomic E-state index is 10.1. The van der Waals surface area contributed by atoms with Crippen LogP contribution in [0.3, 0.4) is 0 Å². The summed E-state index contributed by atoms with van der Waals surface area (Å²) in [6, 6.07) is 0. The summed E-state index contributed by atoms with van der Waals surface area (Å²) in [5.41, 5.74) is -0.0509. The topological polar surface area (TPSA) is 23.5 Å². The summed E-state index contributed by atoms with van der Waals surface area (Å²) < 4.78 is 0. The summed E-state index contributed by atoms with van der Waals surface area (Å²) in [7, 11) is 0. The standard InChI is InChI=1S/C11H25NO/c1-8-12(11(5,6)7)9(13)10(2,3)4/h9,13H,8H2,1-7H3. The molecule has 0 aliphatic carbocycles. The van der Waals surface area contributed by atoms with Crippen molar-refractivity contribution in [1.29, 1.82) is 0 Å². The molecule has 2 heteroatoms. The Morgan fingerprint density at radius 2 is 1.46 bits per heavy atom. The summed E-state index contributed by atoms with van der Waals surface area (Å²) >= 11 is 0. The van der Waals surface area contributed by atoms with Gasteiger partial charge in [-0.1, -0.05) is 27.7 Å². The van der Waals surface area contributed by atoms with Gasteiger partial charge in [-0.3, -0.25) is 4.90 Å². The number of rotatable bonds is 2. The van der Waals surface area contributed by atoms with Crippen molar-refractivity contribution in [2.24, 2.45) is 5.41 Å². The zero-order valence-electron chi connectivity index (χ0n) is 10.2. The summed E-state index contributed by atoms with van der Waals surface area (Å²) in [4.78, 5) is 2.12. The molecule has 13 heavy (non-hydrogen) atoms. The highest BCUT2D eigenvalue weighted by Gasteiger charge is 2.33. The van der Waals surface area contributed by atoms with E-state index in [1.165, 1.54) is 0 Å². The fraction of sp³-hybridized carbons (Fsp3) is 1.00. The Bertz CT molecular complexity index is 152. The number of aliphatic hydroxyl groups is 1. The molecule has 1 atom stereocenters. The van der Waals surface area contributed by atoms with Crippen molar-refractivity contribution in [1.82, 2.24) is 4.90 Å². The third-order valence-electron chi connectivity index (χ3n) is 2.27. The Morgan fingerprint density at radius 3 is 1.54 bits per heavy atom. The summed E-state index contributed by atoms with van der Waals surface area (Å²) in [5.74, 6) is 0. The van der Waals surface area contributed by atoms with Gasteiger partial charge in [-0.2, -0.15) is 0 Å². The van der Waals surface area contributed by atoms with E-state index < -0.39 is 0 Å². The molecular formula is C11H25NO. The Labute approximate surface area is 82.9 Å². The lowest BCUT2D eigenvalue weighted by Gasteiger charge is -2.43. The highest BCUT2D eigenvalue weighted by Crippen LogP contribution is 2.27. The maximum Gasteiger partial charge on any atom is 0.112 e. The largest absolute Gasteiger partial charge is 0.378 e. The van der Waals surface area contributed by atoms with E-state index in [-0.39, 0.29) is 17.2 Å². The normalized spacial score (nSPS) is 16.4. The first-order valence-corrected chi connectivity index (χ1v) is 5.05. The second kappa shape index (κ2) is 3.97. The molecule has 0 aromatic rings. The molecule has 1 unspecified atom stereocenters. The van der Waals surface area contributed by atoms with Crippen molar-refractivity contribution in [3.63, 3.8) is 0 Å². The van der Waals surface area contributed by atoms with E-state index in [0.717, 1.165) is 6.54 Å². The van der Waals surface area contributed by atoms with Gasteiger partial charge in [0.05, 0.1) is 0 Å². The fourth-order valence-corrected chi connectivity index (χ4v) is 1.48. The zero-order valence-corrected chi connectivity index (χ0v) is 10.2. The Morgan fingerprint density at radius 1 is 1.08 bits per heavy atom. The van der Waals surface area contributed by atoms with Gasteiger partial charge in [-0.05, 0) is 27.3 Å². The van der Waals surface area contributed by atoms with Crippen LogP contribution in [0.5, 0.6) is 0 Å². The van der Waals surface area contributed by atoms with Crippen LogP contribution in [0.25, 0.3) is 0 Å². The molecule has 0 saturated heterocycles. The van der Waals surface area contributed by atoms with Gasteiger partial charge in [0.2, 0.25) is 0 Å². The van der Waals surface area contributed by atoms with Gasteiger partial charge in [0.15, 0.2) is 0 Å². The molecular weight excluding hydrogens is 162 g/mol. The van der Waals surface area contributed by atoms with E-state index >= 15 is 0 Å². The van der Waals surface area contributed by atoms with Crippen molar-refractivity contribution >= 4 is 0 Å². The van der Waals surface area contributed by atoms with E-state index in [2.05, 4.69) is 53.4 Å². The minimum absolute atomic E-state index is 0.0292. The Kier molecular flexibility index (Phi) is 3.95. The van der Waals surface area contributed by atoms with Crippen molar-refractivity contribution in [2.75, 3.05) is 6.54 Å². The van der Waals surface area contributed by atoms with Crippen molar-refractivity contribution in [2.45, 2.75) is 60.2 Å². The minimum atomic E-state index is -0.377. The maximum absolute atomic E-state index is 10.1. The quantitative estimate of drug-likeness (QED) is 0.671. The fourth-order valence-electron chi connectivity index (χ4n) is 1.48. The zero-order chi connectivity index (χ0) is 10.9. The van der Waals surface area contributed by atoms with Crippen LogP contribution in [0, 0.1) is 5.41 Å². The molecule has 0 aliphatic heterocycles. The van der Waals surface area contributed by atoms with E-state index in [4.69, 9.17) is 0 Å². The number of nitrogens with zero attached hydrogens (tertiary/aromatic N) is 1. The van der Waals surface area contributed by atoms with Crippen molar-refractivity contribution < 1.29 is 5.11 Å². The molecule has 0 amide bonds. The van der Waals surface area contributed by atoms with Crippen LogP contribution in [-0.2, 0) is 0 Å². The third-order valence-corrected chi connectivity index (χ3v) is 2.27. The average molecular weight is 187 g/mol. The number of aliphatic hydroxyl groups excluding tert-OH is 1. The molecule has 0 heterocycles. The van der Waals surface area contributed by atoms with E-state index in [1.54, 1.807) is 0 Å². The average Bonchev–Trinajstić information content (AvgIpc) is 1.83. The van der Waals surface area contributed by atoms with Gasteiger partial charge >= 0.3 is 0 Å². The third kappa shape index (κ3) is 3.65. The molecule has 0 aromatic heterocycles. The predicted octanol–water partition coefficient (Wildman–Crippen LogP) is 2.47. The van der Waals surface area contributed by atoms with Gasteiger partial charge in [0.1, 0.15) is 6.23 Å². The summed E-state index contributed by atoms with van der Waals surface area (Å²) in [5, 5.41) is 10.1. The molecule has 0 radical (unpaired) electrons. The van der Waals surface area contributed by atoms with E-state index in [0.29, 0.717) is 0 Å². The summed E-state index contributed by atoms with van der Waals surface area (Å²) in [6.07, 6.45) is -0.377. The molecule has 2 nitrogen and oxygen atoms in total. The van der Waals surface area contributed by atoms with Crippen LogP contribution in [0.15, 0.2) is 0 Å². The molecule has 1 N–H and O–H groups in total. The molecule has 0 spiro atoms. The molecule has 0 aliphatic rings. The summed E-state index contributed by atoms with van der Waals surface area (Å²) in [6.45, 7) is 15.5. The lowest BCUT2D eigenvalue weighted by molar-refractivity contribution is -0.107.